The zero-order valence-corrected chi connectivity index (χ0v) is 11.2. The predicted molar refractivity (Wildman–Crippen MR) is 75.9 cm³/mol. The fourth-order valence-corrected chi connectivity index (χ4v) is 2.07. The number of fused-ring (bicyclic) bond motifs is 1. The number of aromatic nitrogens is 3. The van der Waals surface area contributed by atoms with Gasteiger partial charge in [0.25, 0.3) is 0 Å². The Morgan fingerprint density at radius 1 is 1.05 bits per heavy atom. The van der Waals surface area contributed by atoms with E-state index in [-0.39, 0.29) is 0 Å². The highest BCUT2D eigenvalue weighted by Crippen LogP contribution is 2.29. The van der Waals surface area contributed by atoms with Crippen LogP contribution in [0.25, 0.3) is 17.0 Å². The normalized spacial score (nSPS) is 10.7. The summed E-state index contributed by atoms with van der Waals surface area (Å²) in [6.45, 7) is 0. The van der Waals surface area contributed by atoms with Gasteiger partial charge in [0.15, 0.2) is 11.4 Å². The number of nitrogen functional groups attached to an aromatic ring is 1. The smallest absolute Gasteiger partial charge is 0.213 e. The van der Waals surface area contributed by atoms with Crippen molar-refractivity contribution < 1.29 is 9.47 Å². The number of pyridine rings is 2. The highest BCUT2D eigenvalue weighted by Gasteiger charge is 2.15. The maximum Gasteiger partial charge on any atom is 0.213 e. The Hall–Kier alpha value is -2.76. The molecule has 3 heterocycles. The minimum absolute atomic E-state index is 0.514. The molecular formula is C14H14N4O2. The number of ether oxygens (including phenoxy) is 2. The molecule has 0 aliphatic carbocycles. The molecule has 0 aromatic carbocycles. The first-order valence-corrected chi connectivity index (χ1v) is 6.06. The van der Waals surface area contributed by atoms with Crippen molar-refractivity contribution in [3.63, 3.8) is 0 Å². The van der Waals surface area contributed by atoms with Crippen molar-refractivity contribution in [1.82, 2.24) is 14.4 Å². The third kappa shape index (κ3) is 1.82. The van der Waals surface area contributed by atoms with E-state index in [1.807, 2.05) is 30.5 Å². The van der Waals surface area contributed by atoms with Crippen LogP contribution in [0.1, 0.15) is 0 Å². The minimum Gasteiger partial charge on any atom is -0.493 e. The lowest BCUT2D eigenvalue weighted by Gasteiger charge is -2.02. The van der Waals surface area contributed by atoms with Crippen LogP contribution in [0.5, 0.6) is 11.6 Å². The van der Waals surface area contributed by atoms with Crippen molar-refractivity contribution in [3.05, 3.63) is 36.5 Å². The Balaban J connectivity index is 2.23. The standard InChI is InChI=1S/C14H14N4O2/c1-19-10-6-4-8-18-13(15)12(17-14(10)18)9-5-3-7-11(16-9)20-2/h3-8H,15H2,1-2H3. The third-order valence-electron chi connectivity index (χ3n) is 3.05. The molecule has 0 saturated heterocycles. The maximum absolute atomic E-state index is 6.15. The van der Waals surface area contributed by atoms with Gasteiger partial charge in [0.2, 0.25) is 5.88 Å². The number of rotatable bonds is 3. The quantitative estimate of drug-likeness (QED) is 0.787. The predicted octanol–water partition coefficient (Wildman–Crippen LogP) is 2.00. The Bertz CT molecular complexity index is 767. The number of imidazole rings is 1. The summed E-state index contributed by atoms with van der Waals surface area (Å²) >= 11 is 0. The van der Waals surface area contributed by atoms with E-state index >= 15 is 0 Å². The second kappa shape index (κ2) is 4.73. The van der Waals surface area contributed by atoms with Crippen LogP contribution >= 0.6 is 0 Å². The molecule has 0 saturated carbocycles. The van der Waals surface area contributed by atoms with Crippen LogP contribution in [0.2, 0.25) is 0 Å². The van der Waals surface area contributed by atoms with E-state index in [9.17, 15) is 0 Å². The van der Waals surface area contributed by atoms with Crippen molar-refractivity contribution in [1.29, 1.82) is 0 Å². The minimum atomic E-state index is 0.514. The Morgan fingerprint density at radius 3 is 2.65 bits per heavy atom. The molecule has 0 bridgehead atoms. The summed E-state index contributed by atoms with van der Waals surface area (Å²) in [5.41, 5.74) is 8.07. The number of methoxy groups -OCH3 is 2. The SMILES string of the molecule is COc1cccc(-c2nc3c(OC)cccn3c2N)n1. The number of hydrogen-bond acceptors (Lipinski definition) is 5. The fraction of sp³-hybridized carbons (Fsp3) is 0.143. The first-order valence-electron chi connectivity index (χ1n) is 6.06. The summed E-state index contributed by atoms with van der Waals surface area (Å²) < 4.78 is 12.2. The molecule has 20 heavy (non-hydrogen) atoms. The van der Waals surface area contributed by atoms with Crippen molar-refractivity contribution in [2.75, 3.05) is 20.0 Å². The zero-order chi connectivity index (χ0) is 14.1. The average molecular weight is 270 g/mol. The van der Waals surface area contributed by atoms with Gasteiger partial charge in [-0.05, 0) is 18.2 Å². The molecule has 6 heteroatoms. The van der Waals surface area contributed by atoms with E-state index < -0.39 is 0 Å². The van der Waals surface area contributed by atoms with Gasteiger partial charge >= 0.3 is 0 Å². The monoisotopic (exact) mass is 270 g/mol. The summed E-state index contributed by atoms with van der Waals surface area (Å²) in [6, 6.07) is 9.16. The molecule has 3 aromatic rings. The molecule has 0 amide bonds. The number of nitrogens with two attached hydrogens (primary N) is 1. The van der Waals surface area contributed by atoms with Crippen molar-refractivity contribution >= 4 is 11.5 Å². The molecule has 0 aliphatic rings. The van der Waals surface area contributed by atoms with E-state index in [0.29, 0.717) is 34.5 Å². The van der Waals surface area contributed by atoms with E-state index in [4.69, 9.17) is 15.2 Å². The fourth-order valence-electron chi connectivity index (χ4n) is 2.07. The molecule has 2 N–H and O–H groups in total. The van der Waals surface area contributed by atoms with Gasteiger partial charge in [-0.3, -0.25) is 4.40 Å². The molecule has 0 spiro atoms. The molecule has 3 aromatic heterocycles. The van der Waals surface area contributed by atoms with Crippen LogP contribution < -0.4 is 15.2 Å². The van der Waals surface area contributed by atoms with Gasteiger partial charge in [0, 0.05) is 12.3 Å². The molecule has 0 unspecified atom stereocenters. The van der Waals surface area contributed by atoms with E-state index in [2.05, 4.69) is 9.97 Å². The van der Waals surface area contributed by atoms with Crippen molar-refractivity contribution in [3.8, 4) is 23.0 Å². The second-order valence-corrected chi connectivity index (χ2v) is 4.18. The van der Waals surface area contributed by atoms with Crippen molar-refractivity contribution in [2.45, 2.75) is 0 Å². The van der Waals surface area contributed by atoms with Crippen LogP contribution in [0.15, 0.2) is 36.5 Å². The van der Waals surface area contributed by atoms with E-state index in [1.165, 1.54) is 0 Å². The van der Waals surface area contributed by atoms with Gasteiger partial charge in [-0.1, -0.05) is 6.07 Å². The Labute approximate surface area is 115 Å². The van der Waals surface area contributed by atoms with Crippen LogP contribution in [-0.4, -0.2) is 28.6 Å². The van der Waals surface area contributed by atoms with Crippen LogP contribution in [0.4, 0.5) is 5.82 Å². The van der Waals surface area contributed by atoms with Gasteiger partial charge in [0.05, 0.1) is 19.9 Å². The highest BCUT2D eigenvalue weighted by molar-refractivity contribution is 5.75. The molecule has 0 aliphatic heterocycles. The molecule has 0 radical (unpaired) electrons. The van der Waals surface area contributed by atoms with E-state index in [1.54, 1.807) is 24.7 Å². The van der Waals surface area contributed by atoms with Crippen molar-refractivity contribution in [2.24, 2.45) is 0 Å². The summed E-state index contributed by atoms with van der Waals surface area (Å²) in [5, 5.41) is 0. The highest BCUT2D eigenvalue weighted by atomic mass is 16.5. The van der Waals surface area contributed by atoms with Crippen LogP contribution in [0.3, 0.4) is 0 Å². The first-order chi connectivity index (χ1) is 9.74. The summed E-state index contributed by atoms with van der Waals surface area (Å²) in [6.07, 6.45) is 1.84. The van der Waals surface area contributed by atoms with Crippen LogP contribution in [-0.2, 0) is 0 Å². The number of nitrogens with zero attached hydrogens (tertiary/aromatic N) is 3. The van der Waals surface area contributed by atoms with Gasteiger partial charge in [-0.25, -0.2) is 9.97 Å². The first kappa shape index (κ1) is 12.3. The summed E-state index contributed by atoms with van der Waals surface area (Å²) in [7, 11) is 3.17. The molecule has 3 rings (SSSR count). The molecule has 0 atom stereocenters. The molecule has 102 valence electrons. The van der Waals surface area contributed by atoms with Gasteiger partial charge in [-0.2, -0.15) is 0 Å². The largest absolute Gasteiger partial charge is 0.493 e. The summed E-state index contributed by atoms with van der Waals surface area (Å²) in [4.78, 5) is 8.88. The maximum atomic E-state index is 6.15. The molecular weight excluding hydrogens is 256 g/mol. The second-order valence-electron chi connectivity index (χ2n) is 4.18. The Morgan fingerprint density at radius 2 is 1.90 bits per heavy atom. The van der Waals surface area contributed by atoms with E-state index in [0.717, 1.165) is 0 Å². The Kier molecular flexibility index (Phi) is 2.90. The summed E-state index contributed by atoms with van der Waals surface area (Å²) in [5.74, 6) is 1.69. The number of anilines is 1. The lowest BCUT2D eigenvalue weighted by molar-refractivity contribution is 0.398. The van der Waals surface area contributed by atoms with Gasteiger partial charge < -0.3 is 15.2 Å². The zero-order valence-electron chi connectivity index (χ0n) is 11.2. The average Bonchev–Trinajstić information content (AvgIpc) is 2.84. The topological polar surface area (TPSA) is 74.7 Å². The molecule has 6 nitrogen and oxygen atoms in total. The third-order valence-corrected chi connectivity index (χ3v) is 3.05. The molecule has 0 fully saturated rings. The lowest BCUT2D eigenvalue weighted by Crippen LogP contribution is -1.96. The van der Waals surface area contributed by atoms with Crippen LogP contribution in [0, 0.1) is 0 Å². The lowest BCUT2D eigenvalue weighted by atomic mass is 10.3. The van der Waals surface area contributed by atoms with Gasteiger partial charge in [0.1, 0.15) is 11.5 Å². The number of hydrogen-bond donors (Lipinski definition) is 1. The van der Waals surface area contributed by atoms with Gasteiger partial charge in [-0.15, -0.1) is 0 Å².